The normalized spacial score (nSPS) is 21.6. The molecule has 110 valence electrons. The third kappa shape index (κ3) is 3.63. The van der Waals surface area contributed by atoms with Gasteiger partial charge in [-0.2, -0.15) is 0 Å². The number of rotatable bonds is 2. The highest BCUT2D eigenvalue weighted by Gasteiger charge is 2.28. The fourth-order valence-corrected chi connectivity index (χ4v) is 2.23. The van der Waals surface area contributed by atoms with Crippen LogP contribution < -0.4 is 10.6 Å². The van der Waals surface area contributed by atoms with E-state index in [0.29, 0.717) is 13.1 Å². The number of benzene rings is 1. The zero-order valence-electron chi connectivity index (χ0n) is 12.1. The summed E-state index contributed by atoms with van der Waals surface area (Å²) < 4.78 is 5.18. The molecule has 2 atom stereocenters. The number of fused-ring (bicyclic) bond motifs is 1. The van der Waals surface area contributed by atoms with E-state index >= 15 is 0 Å². The Labute approximate surface area is 119 Å². The molecule has 0 aromatic heterocycles. The Bertz CT molecular complexity index is 482. The molecule has 0 unspecified atom stereocenters. The fourth-order valence-electron chi connectivity index (χ4n) is 2.23. The first kappa shape index (κ1) is 14.7. The molecule has 5 heteroatoms. The third-order valence-corrected chi connectivity index (χ3v) is 3.19. The number of amides is 1. The molecular formula is C15H22N2O3. The molecule has 5 nitrogen and oxygen atoms in total. The average Bonchev–Trinajstić information content (AvgIpc) is 2.36. The molecule has 0 radical (unpaired) electrons. The number of alkyl carbamates (subject to hydrolysis) is 1. The van der Waals surface area contributed by atoms with Crippen LogP contribution in [0.2, 0.25) is 0 Å². The second-order valence-electron chi connectivity index (χ2n) is 6.06. The second-order valence-corrected chi connectivity index (χ2v) is 6.06. The molecule has 1 aromatic carbocycles. The summed E-state index contributed by atoms with van der Waals surface area (Å²) in [5, 5.41) is 16.3. The van der Waals surface area contributed by atoms with E-state index < -0.39 is 17.8 Å². The summed E-state index contributed by atoms with van der Waals surface area (Å²) in [6.45, 7) is 6.45. The van der Waals surface area contributed by atoms with Gasteiger partial charge in [-0.05, 0) is 26.8 Å². The van der Waals surface area contributed by atoms with Gasteiger partial charge in [0.2, 0.25) is 0 Å². The molecule has 20 heavy (non-hydrogen) atoms. The maximum atomic E-state index is 11.6. The van der Waals surface area contributed by atoms with Gasteiger partial charge in [-0.25, -0.2) is 4.79 Å². The highest BCUT2D eigenvalue weighted by atomic mass is 16.6. The molecule has 1 heterocycles. The van der Waals surface area contributed by atoms with Crippen LogP contribution in [0.25, 0.3) is 0 Å². The molecule has 1 amide bonds. The van der Waals surface area contributed by atoms with Gasteiger partial charge in [0.1, 0.15) is 5.60 Å². The van der Waals surface area contributed by atoms with Crippen molar-refractivity contribution in [1.29, 1.82) is 0 Å². The topological polar surface area (TPSA) is 70.6 Å². The van der Waals surface area contributed by atoms with Crippen molar-refractivity contribution in [1.82, 2.24) is 5.32 Å². The van der Waals surface area contributed by atoms with Gasteiger partial charge >= 0.3 is 6.09 Å². The number of ether oxygens (including phenoxy) is 1. The maximum absolute atomic E-state index is 11.6. The Balaban J connectivity index is 1.91. The van der Waals surface area contributed by atoms with Crippen LogP contribution in [0.4, 0.5) is 10.5 Å². The summed E-state index contributed by atoms with van der Waals surface area (Å²) in [4.78, 5) is 11.6. The first-order valence-corrected chi connectivity index (χ1v) is 6.84. The number of hydrogen-bond acceptors (Lipinski definition) is 4. The number of carbonyl (C=O) groups excluding carboxylic acids is 1. The average molecular weight is 278 g/mol. The van der Waals surface area contributed by atoms with E-state index in [9.17, 15) is 9.90 Å². The van der Waals surface area contributed by atoms with Gasteiger partial charge in [0.05, 0.1) is 6.10 Å². The molecule has 0 fully saturated rings. The van der Waals surface area contributed by atoms with E-state index in [-0.39, 0.29) is 5.92 Å². The Morgan fingerprint density at radius 2 is 2.15 bits per heavy atom. The van der Waals surface area contributed by atoms with Crippen molar-refractivity contribution in [3.05, 3.63) is 29.8 Å². The summed E-state index contributed by atoms with van der Waals surface area (Å²) in [5.74, 6) is -0.0718. The van der Waals surface area contributed by atoms with Crippen molar-refractivity contribution in [2.75, 3.05) is 18.4 Å². The molecule has 1 aliphatic heterocycles. The molecule has 3 N–H and O–H groups in total. The first-order chi connectivity index (χ1) is 9.37. The van der Waals surface area contributed by atoms with Gasteiger partial charge < -0.3 is 20.5 Å². The predicted octanol–water partition coefficient (Wildman–Crippen LogP) is 2.29. The van der Waals surface area contributed by atoms with Gasteiger partial charge in [-0.15, -0.1) is 0 Å². The predicted molar refractivity (Wildman–Crippen MR) is 77.6 cm³/mol. The Morgan fingerprint density at radius 1 is 1.45 bits per heavy atom. The van der Waals surface area contributed by atoms with Crippen molar-refractivity contribution < 1.29 is 14.6 Å². The number of para-hydroxylation sites is 1. The van der Waals surface area contributed by atoms with E-state index in [2.05, 4.69) is 10.6 Å². The standard InChI is InChI=1S/C15H22N2O3/c1-15(2,3)20-14(19)17-9-10-8-16-12-7-5-4-6-11(12)13(10)18/h4-7,10,13,16,18H,8-9H2,1-3H3,(H,17,19)/t10-,13-/m1/s1. The van der Waals surface area contributed by atoms with Gasteiger partial charge in [0.25, 0.3) is 0 Å². The molecule has 0 bridgehead atoms. The zero-order chi connectivity index (χ0) is 14.8. The number of carbonyl (C=O) groups is 1. The summed E-state index contributed by atoms with van der Waals surface area (Å²) in [6.07, 6.45) is -1.04. The SMILES string of the molecule is CC(C)(C)OC(=O)NC[C@H]1CNc2ccccc2[C@@H]1O. The van der Waals surface area contributed by atoms with E-state index in [1.807, 2.05) is 45.0 Å². The fraction of sp³-hybridized carbons (Fsp3) is 0.533. The van der Waals surface area contributed by atoms with Gasteiger partial charge in [-0.3, -0.25) is 0 Å². The molecule has 2 rings (SSSR count). The summed E-state index contributed by atoms with van der Waals surface area (Å²) in [5.41, 5.74) is 1.31. The van der Waals surface area contributed by atoms with Crippen LogP contribution in [-0.2, 0) is 4.74 Å². The Kier molecular flexibility index (Phi) is 4.18. The van der Waals surface area contributed by atoms with E-state index in [1.165, 1.54) is 0 Å². The molecule has 0 saturated heterocycles. The minimum atomic E-state index is -0.581. The number of hydrogen-bond donors (Lipinski definition) is 3. The Hall–Kier alpha value is -1.75. The van der Waals surface area contributed by atoms with Crippen LogP contribution in [0, 0.1) is 5.92 Å². The smallest absolute Gasteiger partial charge is 0.407 e. The van der Waals surface area contributed by atoms with Crippen LogP contribution in [0.1, 0.15) is 32.4 Å². The molecule has 0 spiro atoms. The van der Waals surface area contributed by atoms with Gasteiger partial charge in [0.15, 0.2) is 0 Å². The lowest BCUT2D eigenvalue weighted by Crippen LogP contribution is -2.40. The minimum absolute atomic E-state index is 0.0718. The molecule has 0 aliphatic carbocycles. The quantitative estimate of drug-likeness (QED) is 0.776. The number of aliphatic hydroxyl groups is 1. The minimum Gasteiger partial charge on any atom is -0.444 e. The molecule has 1 aromatic rings. The Morgan fingerprint density at radius 3 is 2.85 bits per heavy atom. The van der Waals surface area contributed by atoms with E-state index in [0.717, 1.165) is 11.3 Å². The largest absolute Gasteiger partial charge is 0.444 e. The van der Waals surface area contributed by atoms with Crippen molar-refractivity contribution in [3.8, 4) is 0 Å². The maximum Gasteiger partial charge on any atom is 0.407 e. The third-order valence-electron chi connectivity index (χ3n) is 3.19. The van der Waals surface area contributed by atoms with Crippen LogP contribution in [0.5, 0.6) is 0 Å². The zero-order valence-corrected chi connectivity index (χ0v) is 12.1. The lowest BCUT2D eigenvalue weighted by Gasteiger charge is -2.31. The van der Waals surface area contributed by atoms with Crippen LogP contribution in [0.15, 0.2) is 24.3 Å². The van der Waals surface area contributed by atoms with Crippen molar-refractivity contribution in [2.45, 2.75) is 32.5 Å². The van der Waals surface area contributed by atoms with E-state index in [1.54, 1.807) is 0 Å². The van der Waals surface area contributed by atoms with Gasteiger partial charge in [-0.1, -0.05) is 18.2 Å². The molecule has 1 aliphatic rings. The first-order valence-electron chi connectivity index (χ1n) is 6.84. The monoisotopic (exact) mass is 278 g/mol. The molecule has 0 saturated carbocycles. The number of nitrogens with one attached hydrogen (secondary N) is 2. The highest BCUT2D eigenvalue weighted by molar-refractivity contribution is 5.67. The van der Waals surface area contributed by atoms with Crippen molar-refractivity contribution in [3.63, 3.8) is 0 Å². The summed E-state index contributed by atoms with van der Waals surface area (Å²) in [7, 11) is 0. The summed E-state index contributed by atoms with van der Waals surface area (Å²) >= 11 is 0. The second kappa shape index (κ2) is 5.71. The van der Waals surface area contributed by atoms with Crippen LogP contribution in [-0.4, -0.2) is 29.9 Å². The van der Waals surface area contributed by atoms with Crippen LogP contribution >= 0.6 is 0 Å². The van der Waals surface area contributed by atoms with Crippen LogP contribution in [0.3, 0.4) is 0 Å². The lowest BCUT2D eigenvalue weighted by molar-refractivity contribution is 0.0487. The number of anilines is 1. The summed E-state index contributed by atoms with van der Waals surface area (Å²) in [6, 6.07) is 7.66. The highest BCUT2D eigenvalue weighted by Crippen LogP contribution is 2.32. The number of aliphatic hydroxyl groups excluding tert-OH is 1. The van der Waals surface area contributed by atoms with E-state index in [4.69, 9.17) is 4.74 Å². The molecular weight excluding hydrogens is 256 g/mol. The lowest BCUT2D eigenvalue weighted by atomic mass is 9.91. The van der Waals surface area contributed by atoms with Gasteiger partial charge in [0, 0.05) is 30.3 Å². The van der Waals surface area contributed by atoms with Crippen molar-refractivity contribution >= 4 is 11.8 Å². The van der Waals surface area contributed by atoms with Crippen molar-refractivity contribution in [2.24, 2.45) is 5.92 Å².